The van der Waals surface area contributed by atoms with Gasteiger partial charge in [0.25, 0.3) is 5.91 Å². The predicted octanol–water partition coefficient (Wildman–Crippen LogP) is 3.78. The average molecular weight is 373 g/mol. The van der Waals surface area contributed by atoms with E-state index in [4.69, 9.17) is 0 Å². The van der Waals surface area contributed by atoms with E-state index in [2.05, 4.69) is 15.6 Å². The Bertz CT molecular complexity index is 999. The molecule has 0 atom stereocenters. The van der Waals surface area contributed by atoms with Crippen LogP contribution in [0.15, 0.2) is 72.9 Å². The van der Waals surface area contributed by atoms with Gasteiger partial charge >= 0.3 is 6.03 Å². The molecule has 3 aromatic rings. The van der Waals surface area contributed by atoms with Crippen molar-refractivity contribution >= 4 is 23.4 Å². The summed E-state index contributed by atoms with van der Waals surface area (Å²) in [6, 6.07) is 18.7. The molecule has 0 spiro atoms. The molecule has 0 aliphatic rings. The van der Waals surface area contributed by atoms with Gasteiger partial charge in [0.1, 0.15) is 0 Å². The van der Waals surface area contributed by atoms with Gasteiger partial charge < -0.3 is 5.32 Å². The van der Waals surface area contributed by atoms with E-state index in [1.807, 2.05) is 31.2 Å². The molecule has 3 amide bonds. The summed E-state index contributed by atoms with van der Waals surface area (Å²) in [7, 11) is 0. The first-order valence-corrected chi connectivity index (χ1v) is 8.74. The Kier molecular flexibility index (Phi) is 5.91. The van der Waals surface area contributed by atoms with E-state index in [1.54, 1.807) is 42.5 Å². The molecule has 0 unspecified atom stereocenters. The van der Waals surface area contributed by atoms with Crippen molar-refractivity contribution < 1.29 is 14.4 Å². The highest BCUT2D eigenvalue weighted by Gasteiger charge is 2.13. The van der Waals surface area contributed by atoms with Crippen molar-refractivity contribution in [2.45, 2.75) is 13.3 Å². The molecule has 0 saturated carbocycles. The third-order valence-electron chi connectivity index (χ3n) is 4.13. The summed E-state index contributed by atoms with van der Waals surface area (Å²) in [6.45, 7) is 1.88. The highest BCUT2D eigenvalue weighted by Crippen LogP contribution is 2.11. The van der Waals surface area contributed by atoms with Crippen molar-refractivity contribution in [1.82, 2.24) is 10.3 Å². The first-order valence-electron chi connectivity index (χ1n) is 8.74. The van der Waals surface area contributed by atoms with Gasteiger partial charge in [-0.25, -0.2) is 4.79 Å². The molecule has 2 aromatic carbocycles. The van der Waals surface area contributed by atoms with Gasteiger partial charge in [0, 0.05) is 23.1 Å². The fraction of sp³-hybridized carbons (Fsp3) is 0.0909. The number of nitrogens with zero attached hydrogens (tertiary/aromatic N) is 1. The lowest BCUT2D eigenvalue weighted by molar-refractivity contribution is 0.0965. The zero-order chi connectivity index (χ0) is 19.9. The van der Waals surface area contributed by atoms with Crippen LogP contribution in [0.3, 0.4) is 0 Å². The lowest BCUT2D eigenvalue weighted by Crippen LogP contribution is -2.34. The largest absolute Gasteiger partial charge is 0.326 e. The molecule has 140 valence electrons. The van der Waals surface area contributed by atoms with E-state index in [0.29, 0.717) is 16.9 Å². The van der Waals surface area contributed by atoms with Crippen molar-refractivity contribution in [3.05, 3.63) is 95.3 Å². The van der Waals surface area contributed by atoms with Crippen LogP contribution in [0.5, 0.6) is 0 Å². The number of Topliss-reactive ketones (excluding diaryl/α,β-unsaturated/α-hetero) is 1. The summed E-state index contributed by atoms with van der Waals surface area (Å²) >= 11 is 0. The number of benzene rings is 2. The molecule has 6 heteroatoms. The van der Waals surface area contributed by atoms with Gasteiger partial charge in [-0.15, -0.1) is 0 Å². The average Bonchev–Trinajstić information content (AvgIpc) is 2.69. The van der Waals surface area contributed by atoms with E-state index in [1.165, 1.54) is 6.20 Å². The molecule has 2 N–H and O–H groups in total. The monoisotopic (exact) mass is 373 g/mol. The SMILES string of the molecule is Cc1ccccc1C(=O)Cc1ccc(C(=O)NC(=O)Nc2ccccc2)cn1. The first kappa shape index (κ1) is 19.0. The van der Waals surface area contributed by atoms with Crippen LogP contribution in [0.2, 0.25) is 0 Å². The molecule has 0 aliphatic heterocycles. The fourth-order valence-electron chi connectivity index (χ4n) is 2.67. The summed E-state index contributed by atoms with van der Waals surface area (Å²) in [5, 5.41) is 4.81. The Morgan fingerprint density at radius 3 is 2.29 bits per heavy atom. The topological polar surface area (TPSA) is 88.2 Å². The van der Waals surface area contributed by atoms with Gasteiger partial charge in [-0.05, 0) is 36.8 Å². The second-order valence-corrected chi connectivity index (χ2v) is 6.23. The molecular weight excluding hydrogens is 354 g/mol. The van der Waals surface area contributed by atoms with Crippen molar-refractivity contribution in [3.63, 3.8) is 0 Å². The highest BCUT2D eigenvalue weighted by molar-refractivity contribution is 6.07. The maximum atomic E-state index is 12.4. The minimum Gasteiger partial charge on any atom is -0.308 e. The number of nitrogens with one attached hydrogen (secondary N) is 2. The molecular formula is C22H19N3O3. The third-order valence-corrected chi connectivity index (χ3v) is 4.13. The molecule has 6 nitrogen and oxygen atoms in total. The number of aromatic nitrogens is 1. The molecule has 0 aliphatic carbocycles. The fourth-order valence-corrected chi connectivity index (χ4v) is 2.67. The zero-order valence-corrected chi connectivity index (χ0v) is 15.3. The molecule has 0 radical (unpaired) electrons. The maximum absolute atomic E-state index is 12.4. The van der Waals surface area contributed by atoms with E-state index < -0.39 is 11.9 Å². The lowest BCUT2D eigenvalue weighted by Gasteiger charge is -2.07. The standard InChI is InChI=1S/C22H19N3O3/c1-15-7-5-6-10-19(15)20(26)13-18-12-11-16(14-23-18)21(27)25-22(28)24-17-8-3-2-4-9-17/h2-12,14H,13H2,1H3,(H2,24,25,27,28). The second kappa shape index (κ2) is 8.73. The summed E-state index contributed by atoms with van der Waals surface area (Å²) in [4.78, 5) is 40.6. The van der Waals surface area contributed by atoms with Crippen molar-refractivity contribution in [3.8, 4) is 0 Å². The van der Waals surface area contributed by atoms with Crippen LogP contribution in [0.1, 0.15) is 32.0 Å². The van der Waals surface area contributed by atoms with Gasteiger partial charge in [0.15, 0.2) is 5.78 Å². The number of rotatable bonds is 5. The van der Waals surface area contributed by atoms with Gasteiger partial charge in [0.05, 0.1) is 12.0 Å². The van der Waals surface area contributed by atoms with Gasteiger partial charge in [0.2, 0.25) is 0 Å². The quantitative estimate of drug-likeness (QED) is 0.666. The normalized spacial score (nSPS) is 10.2. The number of carbonyl (C=O) groups excluding carboxylic acids is 3. The van der Waals surface area contributed by atoms with Crippen LogP contribution >= 0.6 is 0 Å². The van der Waals surface area contributed by atoms with Crippen LogP contribution in [-0.4, -0.2) is 22.7 Å². The van der Waals surface area contributed by atoms with E-state index in [-0.39, 0.29) is 17.8 Å². The van der Waals surface area contributed by atoms with Gasteiger partial charge in [-0.3, -0.25) is 19.9 Å². The van der Waals surface area contributed by atoms with Crippen LogP contribution < -0.4 is 10.6 Å². The van der Waals surface area contributed by atoms with Crippen molar-refractivity contribution in [2.75, 3.05) is 5.32 Å². The Balaban J connectivity index is 1.59. The minimum atomic E-state index is -0.630. The smallest absolute Gasteiger partial charge is 0.308 e. The van der Waals surface area contributed by atoms with E-state index in [9.17, 15) is 14.4 Å². The Morgan fingerprint density at radius 1 is 0.893 bits per heavy atom. The number of amides is 3. The molecule has 1 aromatic heterocycles. The Hall–Kier alpha value is -3.80. The number of para-hydroxylation sites is 1. The molecule has 0 fully saturated rings. The van der Waals surface area contributed by atoms with E-state index in [0.717, 1.165) is 5.56 Å². The number of hydrogen-bond acceptors (Lipinski definition) is 4. The third kappa shape index (κ3) is 4.88. The van der Waals surface area contributed by atoms with Crippen molar-refractivity contribution in [2.24, 2.45) is 0 Å². The molecule has 0 bridgehead atoms. The number of hydrogen-bond donors (Lipinski definition) is 2. The number of ketones is 1. The van der Waals surface area contributed by atoms with Crippen LogP contribution in [0.25, 0.3) is 0 Å². The number of pyridine rings is 1. The lowest BCUT2D eigenvalue weighted by atomic mass is 10.0. The molecule has 3 rings (SSSR count). The number of carbonyl (C=O) groups is 3. The highest BCUT2D eigenvalue weighted by atomic mass is 16.2. The van der Waals surface area contributed by atoms with Crippen LogP contribution in [-0.2, 0) is 6.42 Å². The van der Waals surface area contributed by atoms with Gasteiger partial charge in [-0.1, -0.05) is 42.5 Å². The maximum Gasteiger partial charge on any atom is 0.326 e. The summed E-state index contributed by atoms with van der Waals surface area (Å²) in [5.74, 6) is -0.609. The van der Waals surface area contributed by atoms with Crippen LogP contribution in [0, 0.1) is 6.92 Å². The molecule has 28 heavy (non-hydrogen) atoms. The zero-order valence-electron chi connectivity index (χ0n) is 15.3. The Morgan fingerprint density at radius 2 is 1.61 bits per heavy atom. The van der Waals surface area contributed by atoms with Crippen LogP contribution in [0.4, 0.5) is 10.5 Å². The molecule has 1 heterocycles. The van der Waals surface area contributed by atoms with Gasteiger partial charge in [-0.2, -0.15) is 0 Å². The number of imide groups is 1. The summed E-state index contributed by atoms with van der Waals surface area (Å²) in [5.41, 5.74) is 2.93. The van der Waals surface area contributed by atoms with E-state index >= 15 is 0 Å². The number of aryl methyl sites for hydroxylation is 1. The first-order chi connectivity index (χ1) is 13.5. The minimum absolute atomic E-state index is 0.0370. The summed E-state index contributed by atoms with van der Waals surface area (Å²) in [6.07, 6.45) is 1.49. The van der Waals surface area contributed by atoms with Crippen molar-refractivity contribution in [1.29, 1.82) is 0 Å². The number of anilines is 1. The molecule has 0 saturated heterocycles. The second-order valence-electron chi connectivity index (χ2n) is 6.23. The predicted molar refractivity (Wildman–Crippen MR) is 106 cm³/mol. The summed E-state index contributed by atoms with van der Waals surface area (Å²) < 4.78 is 0. The number of urea groups is 1. The Labute approximate surface area is 162 Å².